The number of nitrogens with one attached hydrogen (secondary N) is 1. The first-order valence-electron chi connectivity index (χ1n) is 4.76. The van der Waals surface area contributed by atoms with Crippen molar-refractivity contribution in [1.29, 1.82) is 0 Å². The summed E-state index contributed by atoms with van der Waals surface area (Å²) in [5.41, 5.74) is 1.05. The highest BCUT2D eigenvalue weighted by Crippen LogP contribution is 2.26. The monoisotopic (exact) mass is 219 g/mol. The summed E-state index contributed by atoms with van der Waals surface area (Å²) in [6.07, 6.45) is 1.53. The van der Waals surface area contributed by atoms with Crippen molar-refractivity contribution in [2.24, 2.45) is 0 Å². The molecule has 1 N–H and O–H groups in total. The molecule has 0 radical (unpaired) electrons. The quantitative estimate of drug-likeness (QED) is 0.664. The Morgan fingerprint density at radius 2 is 2.00 bits per heavy atom. The molecule has 0 spiro atoms. The second-order valence-corrected chi connectivity index (χ2v) is 3.51. The van der Waals surface area contributed by atoms with Crippen molar-refractivity contribution in [2.45, 2.75) is 0 Å². The van der Waals surface area contributed by atoms with Crippen molar-refractivity contribution < 1.29 is 13.2 Å². The number of aromatic nitrogens is 1. The largest absolute Gasteiger partial charge is 0.463 e. The number of aromatic amines is 1. The molecule has 16 heavy (non-hydrogen) atoms. The molecule has 3 aromatic rings. The van der Waals surface area contributed by atoms with Gasteiger partial charge in [0.2, 0.25) is 0 Å². The van der Waals surface area contributed by atoms with Crippen LogP contribution < -0.4 is 0 Å². The average Bonchev–Trinajstić information content (AvgIpc) is 2.82. The predicted molar refractivity (Wildman–Crippen MR) is 55.9 cm³/mol. The van der Waals surface area contributed by atoms with Crippen LogP contribution in [0.4, 0.5) is 8.78 Å². The van der Waals surface area contributed by atoms with Crippen LogP contribution in [0.1, 0.15) is 0 Å². The van der Waals surface area contributed by atoms with Crippen molar-refractivity contribution in [3.63, 3.8) is 0 Å². The maximum absolute atomic E-state index is 13.4. The maximum Gasteiger partial charge on any atom is 0.150 e. The molecule has 0 unspecified atom stereocenters. The lowest BCUT2D eigenvalue weighted by Crippen LogP contribution is -1.79. The highest BCUT2D eigenvalue weighted by atomic mass is 19.1. The zero-order valence-electron chi connectivity index (χ0n) is 8.13. The van der Waals surface area contributed by atoms with Gasteiger partial charge in [-0.3, -0.25) is 0 Å². The summed E-state index contributed by atoms with van der Waals surface area (Å²) in [5, 5.41) is 0.354. The third kappa shape index (κ3) is 1.31. The molecule has 2 nitrogen and oxygen atoms in total. The third-order valence-corrected chi connectivity index (χ3v) is 2.44. The van der Waals surface area contributed by atoms with Crippen LogP contribution in [0, 0.1) is 11.6 Å². The minimum Gasteiger partial charge on any atom is -0.463 e. The Labute approximate surface area is 89.5 Å². The first kappa shape index (κ1) is 9.15. The molecule has 0 aliphatic rings. The predicted octanol–water partition coefficient (Wildman–Crippen LogP) is 3.71. The van der Waals surface area contributed by atoms with Crippen LogP contribution in [0.5, 0.6) is 0 Å². The van der Waals surface area contributed by atoms with Gasteiger partial charge in [0, 0.05) is 11.5 Å². The van der Waals surface area contributed by atoms with Crippen LogP contribution in [0.2, 0.25) is 0 Å². The van der Waals surface area contributed by atoms with Gasteiger partial charge >= 0.3 is 0 Å². The molecule has 0 saturated heterocycles. The van der Waals surface area contributed by atoms with Crippen molar-refractivity contribution in [3.8, 4) is 11.5 Å². The molecule has 2 aromatic heterocycles. The molecule has 0 aliphatic heterocycles. The van der Waals surface area contributed by atoms with Gasteiger partial charge in [0.15, 0.2) is 0 Å². The third-order valence-electron chi connectivity index (χ3n) is 2.44. The highest BCUT2D eigenvalue weighted by Gasteiger charge is 2.10. The van der Waals surface area contributed by atoms with Gasteiger partial charge in [0.05, 0.1) is 17.5 Å². The summed E-state index contributed by atoms with van der Waals surface area (Å²) in [6, 6.07) is 7.20. The van der Waals surface area contributed by atoms with Crippen molar-refractivity contribution in [2.75, 3.05) is 0 Å². The lowest BCUT2D eigenvalue weighted by Gasteiger charge is -1.92. The Kier molecular flexibility index (Phi) is 1.83. The van der Waals surface area contributed by atoms with Gasteiger partial charge in [0.1, 0.15) is 17.4 Å². The maximum atomic E-state index is 13.4. The van der Waals surface area contributed by atoms with Crippen LogP contribution in [0.15, 0.2) is 41.0 Å². The lowest BCUT2D eigenvalue weighted by molar-refractivity contribution is 0.580. The van der Waals surface area contributed by atoms with Crippen LogP contribution >= 0.6 is 0 Å². The van der Waals surface area contributed by atoms with E-state index in [1.54, 1.807) is 18.2 Å². The van der Waals surface area contributed by atoms with Gasteiger partial charge in [-0.05, 0) is 24.3 Å². The van der Waals surface area contributed by atoms with Crippen LogP contribution in [0.3, 0.4) is 0 Å². The van der Waals surface area contributed by atoms with Crippen LogP contribution in [0.25, 0.3) is 22.4 Å². The van der Waals surface area contributed by atoms with Crippen LogP contribution in [-0.4, -0.2) is 4.98 Å². The zero-order chi connectivity index (χ0) is 11.1. The molecule has 0 saturated carbocycles. The van der Waals surface area contributed by atoms with E-state index in [-0.39, 0.29) is 0 Å². The molecule has 0 atom stereocenters. The van der Waals surface area contributed by atoms with Gasteiger partial charge in [0.25, 0.3) is 0 Å². The summed E-state index contributed by atoms with van der Waals surface area (Å²) >= 11 is 0. The number of hydrogen-bond acceptors (Lipinski definition) is 1. The molecule has 80 valence electrons. The number of hydrogen-bond donors (Lipinski definition) is 1. The van der Waals surface area contributed by atoms with E-state index in [0.717, 1.165) is 6.07 Å². The SMILES string of the molecule is Fc1cc(F)c2cc(-c3ccco3)[nH]c2c1. The van der Waals surface area contributed by atoms with E-state index >= 15 is 0 Å². The summed E-state index contributed by atoms with van der Waals surface area (Å²) in [6.45, 7) is 0. The molecule has 0 bridgehead atoms. The number of rotatable bonds is 1. The number of H-pyrrole nitrogens is 1. The highest BCUT2D eigenvalue weighted by molar-refractivity contribution is 5.85. The molecule has 0 fully saturated rings. The second kappa shape index (κ2) is 3.20. The smallest absolute Gasteiger partial charge is 0.150 e. The van der Waals surface area contributed by atoms with Gasteiger partial charge in [-0.25, -0.2) is 8.78 Å². The fourth-order valence-corrected chi connectivity index (χ4v) is 1.72. The molecule has 2 heterocycles. The number of furan rings is 1. The summed E-state index contributed by atoms with van der Waals surface area (Å²) < 4.78 is 31.5. The minimum absolute atomic E-state index is 0.354. The Bertz CT molecular complexity index is 640. The van der Waals surface area contributed by atoms with Gasteiger partial charge < -0.3 is 9.40 Å². The molecular weight excluding hydrogens is 212 g/mol. The molecule has 1 aromatic carbocycles. The minimum atomic E-state index is -0.599. The van der Waals surface area contributed by atoms with E-state index in [2.05, 4.69) is 4.98 Å². The van der Waals surface area contributed by atoms with Gasteiger partial charge in [-0.1, -0.05) is 0 Å². The fraction of sp³-hybridized carbons (Fsp3) is 0. The van der Waals surface area contributed by atoms with Crippen molar-refractivity contribution >= 4 is 10.9 Å². The van der Waals surface area contributed by atoms with E-state index in [0.29, 0.717) is 22.4 Å². The Balaban J connectivity index is 2.27. The number of benzene rings is 1. The molecular formula is C12H7F2NO. The number of halogens is 2. The molecule has 0 amide bonds. The van der Waals surface area contributed by atoms with Gasteiger partial charge in [-0.2, -0.15) is 0 Å². The van der Waals surface area contributed by atoms with E-state index in [1.165, 1.54) is 12.3 Å². The van der Waals surface area contributed by atoms with E-state index in [9.17, 15) is 8.78 Å². The number of fused-ring (bicyclic) bond motifs is 1. The first-order valence-corrected chi connectivity index (χ1v) is 4.76. The summed E-state index contributed by atoms with van der Waals surface area (Å²) in [5.74, 6) is -0.585. The lowest BCUT2D eigenvalue weighted by atomic mass is 10.2. The second-order valence-electron chi connectivity index (χ2n) is 3.51. The summed E-state index contributed by atoms with van der Waals surface area (Å²) in [7, 11) is 0. The van der Waals surface area contributed by atoms with Crippen LogP contribution in [-0.2, 0) is 0 Å². The zero-order valence-corrected chi connectivity index (χ0v) is 8.13. The normalized spacial score (nSPS) is 11.1. The Morgan fingerprint density at radius 1 is 1.12 bits per heavy atom. The Hall–Kier alpha value is -2.10. The van der Waals surface area contributed by atoms with E-state index in [4.69, 9.17) is 4.42 Å². The standard InChI is InChI=1S/C12H7F2NO/c13-7-4-9(14)8-6-11(15-10(8)5-7)12-2-1-3-16-12/h1-6,15H. The topological polar surface area (TPSA) is 28.9 Å². The van der Waals surface area contributed by atoms with Crippen molar-refractivity contribution in [3.05, 3.63) is 48.2 Å². The van der Waals surface area contributed by atoms with Gasteiger partial charge in [-0.15, -0.1) is 0 Å². The summed E-state index contributed by atoms with van der Waals surface area (Å²) in [4.78, 5) is 2.91. The molecule has 3 rings (SSSR count). The average molecular weight is 219 g/mol. The molecule has 4 heteroatoms. The Morgan fingerprint density at radius 3 is 2.75 bits per heavy atom. The fourth-order valence-electron chi connectivity index (χ4n) is 1.72. The van der Waals surface area contributed by atoms with E-state index in [1.807, 2.05) is 0 Å². The van der Waals surface area contributed by atoms with E-state index < -0.39 is 11.6 Å². The van der Waals surface area contributed by atoms with Crippen molar-refractivity contribution in [1.82, 2.24) is 4.98 Å². The first-order chi connectivity index (χ1) is 7.74. The molecule has 0 aliphatic carbocycles.